The minimum absolute atomic E-state index is 0.0357. The molecule has 0 radical (unpaired) electrons. The van der Waals surface area contributed by atoms with Crippen LogP contribution in [0.1, 0.15) is 69.4 Å². The molecule has 1 saturated heterocycles. The van der Waals surface area contributed by atoms with E-state index in [1.807, 2.05) is 47.6 Å². The van der Waals surface area contributed by atoms with E-state index in [1.54, 1.807) is 20.8 Å². The Morgan fingerprint density at radius 1 is 1.03 bits per heavy atom. The highest BCUT2D eigenvalue weighted by Crippen LogP contribution is 2.65. The van der Waals surface area contributed by atoms with Gasteiger partial charge < -0.3 is 10.2 Å². The molecule has 1 aliphatic carbocycles. The Morgan fingerprint density at radius 3 is 1.97 bits per heavy atom. The maximum Gasteiger partial charge on any atom is 0.244 e. The summed E-state index contributed by atoms with van der Waals surface area (Å²) in [6, 6.07) is -0.514. The van der Waals surface area contributed by atoms with Crippen molar-refractivity contribution >= 4 is 21.8 Å². The highest BCUT2D eigenvalue weighted by Gasteiger charge is 2.69. The lowest BCUT2D eigenvalue weighted by molar-refractivity contribution is -0.143. The number of nitrogens with one attached hydrogen (secondary N) is 2. The molecule has 204 valence electrons. The zero-order chi connectivity index (χ0) is 28.4. The Morgan fingerprint density at radius 2 is 1.51 bits per heavy atom. The maximum absolute atomic E-state index is 14.1. The molecule has 5 atom stereocenters. The number of piperidine rings is 1. The number of fused-ring (bicyclic) bond motifs is 1. The lowest BCUT2D eigenvalue weighted by Crippen LogP contribution is -2.59. The van der Waals surface area contributed by atoms with Crippen LogP contribution in [0.2, 0.25) is 0 Å². The second kappa shape index (κ2) is 9.39. The first-order valence-corrected chi connectivity index (χ1v) is 14.4. The van der Waals surface area contributed by atoms with Gasteiger partial charge in [0.2, 0.25) is 21.8 Å². The first-order chi connectivity index (χ1) is 16.8. The van der Waals surface area contributed by atoms with Crippen molar-refractivity contribution in [1.29, 1.82) is 5.26 Å². The van der Waals surface area contributed by atoms with Crippen molar-refractivity contribution in [2.45, 2.75) is 99.2 Å². The van der Waals surface area contributed by atoms with Gasteiger partial charge >= 0.3 is 0 Å². The molecule has 9 heteroatoms. The number of hydrogen-bond acceptors (Lipinski definition) is 5. The van der Waals surface area contributed by atoms with E-state index in [0.717, 1.165) is 16.7 Å². The summed E-state index contributed by atoms with van der Waals surface area (Å²) >= 11 is 0. The predicted molar refractivity (Wildman–Crippen MR) is 143 cm³/mol. The number of nitrogens with zero attached hydrogens (tertiary/aromatic N) is 2. The number of carbonyl (C=O) groups is 2. The molecule has 2 amide bonds. The molecular formula is C28H42N4O4S. The summed E-state index contributed by atoms with van der Waals surface area (Å²) in [7, 11) is -4.07. The summed E-state index contributed by atoms with van der Waals surface area (Å²) in [5.74, 6) is -0.674. The van der Waals surface area contributed by atoms with Gasteiger partial charge in [0.15, 0.2) is 0 Å². The fourth-order valence-corrected chi connectivity index (χ4v) is 7.99. The molecule has 1 aromatic rings. The highest BCUT2D eigenvalue weighted by molar-refractivity contribution is 7.89. The minimum Gasteiger partial charge on any atom is -0.339 e. The van der Waals surface area contributed by atoms with Crippen molar-refractivity contribution < 1.29 is 18.0 Å². The van der Waals surface area contributed by atoms with Gasteiger partial charge in [-0.15, -0.1) is 0 Å². The van der Waals surface area contributed by atoms with Crippen LogP contribution in [-0.4, -0.2) is 49.8 Å². The average Bonchev–Trinajstić information content (AvgIpc) is 3.11. The number of carbonyl (C=O) groups excluding carboxylic acids is 2. The average molecular weight is 531 g/mol. The van der Waals surface area contributed by atoms with Crippen LogP contribution in [0, 0.1) is 68.6 Å². The van der Waals surface area contributed by atoms with E-state index in [-0.39, 0.29) is 28.1 Å². The monoisotopic (exact) mass is 530 g/mol. The molecule has 2 aliphatic rings. The Labute approximate surface area is 222 Å². The third-order valence-electron chi connectivity index (χ3n) is 8.90. The largest absolute Gasteiger partial charge is 0.339 e. The fraction of sp³-hybridized carbons (Fsp3) is 0.679. The van der Waals surface area contributed by atoms with Crippen LogP contribution in [-0.2, 0) is 19.6 Å². The van der Waals surface area contributed by atoms with Crippen LogP contribution in [0.25, 0.3) is 0 Å². The number of hydrogen-bond donors (Lipinski definition) is 2. The molecule has 1 aromatic carbocycles. The van der Waals surface area contributed by atoms with Crippen LogP contribution in [0.5, 0.6) is 0 Å². The Kier molecular flexibility index (Phi) is 7.39. The predicted octanol–water partition coefficient (Wildman–Crippen LogP) is 3.43. The number of sulfonamides is 1. The normalized spacial score (nSPS) is 24.2. The smallest absolute Gasteiger partial charge is 0.244 e. The lowest BCUT2D eigenvalue weighted by Gasteiger charge is -2.37. The van der Waals surface area contributed by atoms with Crippen molar-refractivity contribution in [2.24, 2.45) is 22.7 Å². The molecule has 3 rings (SSSR count). The highest BCUT2D eigenvalue weighted by atomic mass is 32.2. The number of likely N-dealkylation sites (tertiary alicyclic amines) is 1. The van der Waals surface area contributed by atoms with Crippen LogP contribution in [0.4, 0.5) is 0 Å². The molecule has 1 heterocycles. The van der Waals surface area contributed by atoms with E-state index in [9.17, 15) is 23.3 Å². The van der Waals surface area contributed by atoms with E-state index in [1.165, 1.54) is 4.90 Å². The SMILES string of the molecule is Cc1c(C)c(C)c(S(=O)(=O)N[C@H](C(=O)N2C[C@H]3[C@@H]([C@H]2C(=O)N[C@@H](C)C#N)C3(C)C)C(C)(C)C)c(C)c1C. The van der Waals surface area contributed by atoms with Crippen molar-refractivity contribution in [3.05, 3.63) is 27.8 Å². The van der Waals surface area contributed by atoms with Gasteiger partial charge in [-0.1, -0.05) is 34.6 Å². The van der Waals surface area contributed by atoms with E-state index >= 15 is 0 Å². The molecule has 1 saturated carbocycles. The number of benzene rings is 1. The zero-order valence-corrected chi connectivity index (χ0v) is 24.8. The Balaban J connectivity index is 2.01. The van der Waals surface area contributed by atoms with Gasteiger partial charge in [0.25, 0.3) is 0 Å². The first-order valence-electron chi connectivity index (χ1n) is 12.9. The number of nitriles is 1. The van der Waals surface area contributed by atoms with Gasteiger partial charge in [0.05, 0.1) is 11.0 Å². The Hall–Kier alpha value is -2.44. The van der Waals surface area contributed by atoms with Gasteiger partial charge in [-0.05, 0) is 92.0 Å². The second-order valence-electron chi connectivity index (χ2n) is 12.6. The topological polar surface area (TPSA) is 119 Å². The summed E-state index contributed by atoms with van der Waals surface area (Å²) in [5, 5.41) is 11.9. The Bertz CT molecular complexity index is 1260. The van der Waals surface area contributed by atoms with Gasteiger partial charge in [0, 0.05) is 6.54 Å². The summed E-state index contributed by atoms with van der Waals surface area (Å²) < 4.78 is 30.4. The first kappa shape index (κ1) is 29.1. The minimum atomic E-state index is -4.07. The van der Waals surface area contributed by atoms with E-state index in [4.69, 9.17) is 0 Å². The van der Waals surface area contributed by atoms with Crippen molar-refractivity contribution in [3.8, 4) is 6.07 Å². The van der Waals surface area contributed by atoms with Gasteiger partial charge in [-0.2, -0.15) is 9.98 Å². The molecule has 0 bridgehead atoms. The molecule has 37 heavy (non-hydrogen) atoms. The van der Waals surface area contributed by atoms with Gasteiger partial charge in [-0.25, -0.2) is 8.42 Å². The third kappa shape index (κ3) is 4.90. The molecule has 2 N–H and O–H groups in total. The molecule has 2 fully saturated rings. The van der Waals surface area contributed by atoms with Crippen LogP contribution in [0.15, 0.2) is 4.90 Å². The van der Waals surface area contributed by atoms with Crippen LogP contribution >= 0.6 is 0 Å². The van der Waals surface area contributed by atoms with E-state index < -0.39 is 39.5 Å². The zero-order valence-electron chi connectivity index (χ0n) is 24.0. The second-order valence-corrected chi connectivity index (χ2v) is 14.3. The molecule has 1 aliphatic heterocycles. The molecule has 0 aromatic heterocycles. The maximum atomic E-state index is 14.1. The van der Waals surface area contributed by atoms with Crippen LogP contribution in [0.3, 0.4) is 0 Å². The van der Waals surface area contributed by atoms with Crippen molar-refractivity contribution in [2.75, 3.05) is 6.54 Å². The number of amides is 2. The quantitative estimate of drug-likeness (QED) is 0.584. The molecule has 8 nitrogen and oxygen atoms in total. The van der Waals surface area contributed by atoms with Crippen molar-refractivity contribution in [1.82, 2.24) is 14.9 Å². The van der Waals surface area contributed by atoms with Gasteiger partial charge in [-0.3, -0.25) is 9.59 Å². The summed E-state index contributed by atoms with van der Waals surface area (Å²) in [4.78, 5) is 29.0. The molecule has 0 spiro atoms. The van der Waals surface area contributed by atoms with Crippen LogP contribution < -0.4 is 10.0 Å². The summed E-state index contributed by atoms with van der Waals surface area (Å²) in [6.07, 6.45) is 0. The van der Waals surface area contributed by atoms with Crippen molar-refractivity contribution in [3.63, 3.8) is 0 Å². The van der Waals surface area contributed by atoms with Gasteiger partial charge in [0.1, 0.15) is 18.1 Å². The van der Waals surface area contributed by atoms with E-state index in [2.05, 4.69) is 23.9 Å². The van der Waals surface area contributed by atoms with E-state index in [0.29, 0.717) is 17.7 Å². The summed E-state index contributed by atoms with van der Waals surface area (Å²) in [5.41, 5.74) is 3.34. The third-order valence-corrected chi connectivity index (χ3v) is 10.6. The lowest BCUT2D eigenvalue weighted by atomic mass is 9.86. The number of rotatable bonds is 6. The standard InChI is InChI=1S/C28H42N4O4S/c1-14(12-29)30-25(33)22-21-20(28(21,10)11)13-32(22)26(34)24(27(7,8)9)31-37(35,36)23-18(5)16(3)15(2)17(4)19(23)6/h14,20-22,24,31H,13H2,1-11H3,(H,30,33)/t14-,20-,21-,22-,24+/m0/s1. The fourth-order valence-electron chi connectivity index (χ4n) is 5.99. The summed E-state index contributed by atoms with van der Waals surface area (Å²) in [6.45, 7) is 21.0. The molecular weight excluding hydrogens is 488 g/mol. The molecule has 0 unspecified atom stereocenters.